The van der Waals surface area contributed by atoms with Gasteiger partial charge in [0.1, 0.15) is 17.3 Å². The standard InChI is InChI=1S/C28H23NO7/c1-2-35-28(34)17-3-8-20(9-4-17)29-24(16-5-10-21(30)11-6-16)23(26(32)27(29)33)25(31)19-7-12-22-18(15-19)13-14-36-22/h3-12,15,24,30-31H,2,13-14H2,1H3/b25-23-. The van der Waals surface area contributed by atoms with Gasteiger partial charge in [-0.15, -0.1) is 0 Å². The molecule has 2 N–H and O–H groups in total. The van der Waals surface area contributed by atoms with Crippen LogP contribution >= 0.6 is 0 Å². The second-order valence-corrected chi connectivity index (χ2v) is 8.45. The number of nitrogens with zero attached hydrogens (tertiary/aromatic N) is 1. The van der Waals surface area contributed by atoms with E-state index in [1.54, 1.807) is 49.4 Å². The number of hydrogen-bond acceptors (Lipinski definition) is 7. The second-order valence-electron chi connectivity index (χ2n) is 8.45. The topological polar surface area (TPSA) is 113 Å². The molecule has 0 spiro atoms. The Morgan fingerprint density at radius 3 is 2.42 bits per heavy atom. The second kappa shape index (κ2) is 9.22. The van der Waals surface area contributed by atoms with Crippen LogP contribution in [0.2, 0.25) is 0 Å². The summed E-state index contributed by atoms with van der Waals surface area (Å²) in [5.74, 6) is -1.70. The molecule has 1 atom stereocenters. The van der Waals surface area contributed by atoms with E-state index in [-0.39, 0.29) is 23.7 Å². The van der Waals surface area contributed by atoms with Crippen molar-refractivity contribution in [3.63, 3.8) is 0 Å². The fraction of sp³-hybridized carbons (Fsp3) is 0.179. The molecular weight excluding hydrogens is 462 g/mol. The average Bonchev–Trinajstić information content (AvgIpc) is 3.46. The number of benzene rings is 3. The molecule has 0 aromatic heterocycles. The Morgan fingerprint density at radius 1 is 1.03 bits per heavy atom. The molecule has 0 aliphatic carbocycles. The number of aliphatic hydroxyl groups excluding tert-OH is 1. The van der Waals surface area contributed by atoms with Crippen molar-refractivity contribution in [2.24, 2.45) is 0 Å². The van der Waals surface area contributed by atoms with Crippen LogP contribution in [0.3, 0.4) is 0 Å². The van der Waals surface area contributed by atoms with Crippen LogP contribution in [0.15, 0.2) is 72.3 Å². The van der Waals surface area contributed by atoms with Crippen molar-refractivity contribution in [2.45, 2.75) is 19.4 Å². The quantitative estimate of drug-likeness (QED) is 0.242. The van der Waals surface area contributed by atoms with E-state index in [0.29, 0.717) is 35.4 Å². The molecule has 1 saturated heterocycles. The van der Waals surface area contributed by atoms with Crippen molar-refractivity contribution in [1.29, 1.82) is 0 Å². The van der Waals surface area contributed by atoms with Crippen LogP contribution in [0.5, 0.6) is 11.5 Å². The van der Waals surface area contributed by atoms with Gasteiger partial charge in [0.05, 0.1) is 30.4 Å². The number of ether oxygens (including phenoxy) is 2. The predicted molar refractivity (Wildman–Crippen MR) is 131 cm³/mol. The minimum absolute atomic E-state index is 0.0214. The molecular formula is C28H23NO7. The van der Waals surface area contributed by atoms with Gasteiger partial charge in [-0.25, -0.2) is 4.79 Å². The van der Waals surface area contributed by atoms with Gasteiger partial charge in [-0.2, -0.15) is 0 Å². The number of carbonyl (C=O) groups is 3. The van der Waals surface area contributed by atoms with Gasteiger partial charge in [-0.3, -0.25) is 14.5 Å². The maximum absolute atomic E-state index is 13.3. The molecule has 36 heavy (non-hydrogen) atoms. The monoisotopic (exact) mass is 485 g/mol. The molecule has 0 bridgehead atoms. The number of hydrogen-bond donors (Lipinski definition) is 2. The SMILES string of the molecule is CCOC(=O)c1ccc(N2C(=O)C(=O)/C(=C(\O)c3ccc4c(c3)CCO4)C2c2ccc(O)cc2)cc1. The van der Waals surface area contributed by atoms with Crippen LogP contribution in [0.1, 0.15) is 40.0 Å². The van der Waals surface area contributed by atoms with E-state index >= 15 is 0 Å². The third-order valence-electron chi connectivity index (χ3n) is 6.27. The van der Waals surface area contributed by atoms with Gasteiger partial charge in [-0.1, -0.05) is 12.1 Å². The number of esters is 1. The Kier molecular flexibility index (Phi) is 5.93. The molecule has 3 aromatic rings. The molecule has 2 aliphatic rings. The number of Topliss-reactive ketones (excluding diaryl/α,β-unsaturated/α-hetero) is 1. The highest BCUT2D eigenvalue weighted by Gasteiger charge is 2.47. The van der Waals surface area contributed by atoms with E-state index in [9.17, 15) is 24.6 Å². The first kappa shape index (κ1) is 23.2. The molecule has 2 aliphatic heterocycles. The van der Waals surface area contributed by atoms with E-state index in [1.807, 2.05) is 0 Å². The van der Waals surface area contributed by atoms with Crippen molar-refractivity contribution in [3.05, 3.63) is 94.6 Å². The number of ketones is 1. The van der Waals surface area contributed by atoms with Gasteiger partial charge < -0.3 is 19.7 Å². The Labute approximate surface area is 207 Å². The van der Waals surface area contributed by atoms with E-state index in [2.05, 4.69) is 0 Å². The zero-order valence-electron chi connectivity index (χ0n) is 19.4. The first-order chi connectivity index (χ1) is 17.4. The average molecular weight is 485 g/mol. The third kappa shape index (κ3) is 3.96. The number of fused-ring (bicyclic) bond motifs is 1. The molecule has 8 nitrogen and oxygen atoms in total. The Balaban J connectivity index is 1.63. The van der Waals surface area contributed by atoms with Crippen LogP contribution in [0, 0.1) is 0 Å². The summed E-state index contributed by atoms with van der Waals surface area (Å²) in [6, 6.07) is 16.4. The summed E-state index contributed by atoms with van der Waals surface area (Å²) >= 11 is 0. The maximum Gasteiger partial charge on any atom is 0.338 e. The third-order valence-corrected chi connectivity index (χ3v) is 6.27. The van der Waals surface area contributed by atoms with Crippen LogP contribution in [0.25, 0.3) is 5.76 Å². The van der Waals surface area contributed by atoms with Crippen molar-refractivity contribution in [2.75, 3.05) is 18.1 Å². The van der Waals surface area contributed by atoms with Gasteiger partial charge in [0.25, 0.3) is 11.7 Å². The van der Waals surface area contributed by atoms with Gasteiger partial charge >= 0.3 is 5.97 Å². The number of anilines is 1. The first-order valence-corrected chi connectivity index (χ1v) is 11.5. The molecule has 0 saturated carbocycles. The molecule has 2 heterocycles. The molecule has 182 valence electrons. The van der Waals surface area contributed by atoms with Crippen LogP contribution in [-0.2, 0) is 20.7 Å². The first-order valence-electron chi connectivity index (χ1n) is 11.5. The lowest BCUT2D eigenvalue weighted by Crippen LogP contribution is -2.29. The smallest absolute Gasteiger partial charge is 0.338 e. The van der Waals surface area contributed by atoms with Gasteiger partial charge in [0, 0.05) is 17.7 Å². The van der Waals surface area contributed by atoms with Gasteiger partial charge in [0.2, 0.25) is 0 Å². The zero-order valence-corrected chi connectivity index (χ0v) is 19.4. The number of phenolic OH excluding ortho intramolecular Hbond substituents is 1. The molecule has 1 unspecified atom stereocenters. The highest BCUT2D eigenvalue weighted by Crippen LogP contribution is 2.43. The molecule has 8 heteroatoms. The zero-order chi connectivity index (χ0) is 25.4. The number of aliphatic hydroxyl groups is 1. The number of rotatable bonds is 5. The lowest BCUT2D eigenvalue weighted by Gasteiger charge is -2.25. The summed E-state index contributed by atoms with van der Waals surface area (Å²) in [6.45, 7) is 2.47. The number of phenols is 1. The lowest BCUT2D eigenvalue weighted by molar-refractivity contribution is -0.132. The minimum atomic E-state index is -0.955. The van der Waals surface area contributed by atoms with Crippen LogP contribution < -0.4 is 9.64 Å². The summed E-state index contributed by atoms with van der Waals surface area (Å²) in [5, 5.41) is 21.1. The molecule has 1 amide bonds. The lowest BCUT2D eigenvalue weighted by atomic mass is 9.94. The van der Waals surface area contributed by atoms with Crippen LogP contribution in [0.4, 0.5) is 5.69 Å². The van der Waals surface area contributed by atoms with Crippen LogP contribution in [-0.4, -0.2) is 41.1 Å². The molecule has 1 fully saturated rings. The van der Waals surface area contributed by atoms with Crippen molar-refractivity contribution in [3.8, 4) is 11.5 Å². The highest BCUT2D eigenvalue weighted by molar-refractivity contribution is 6.51. The van der Waals surface area contributed by atoms with Crippen molar-refractivity contribution >= 4 is 29.1 Å². The summed E-state index contributed by atoms with van der Waals surface area (Å²) < 4.78 is 10.5. The summed E-state index contributed by atoms with van der Waals surface area (Å²) in [7, 11) is 0. The van der Waals surface area contributed by atoms with Gasteiger partial charge in [-0.05, 0) is 72.6 Å². The van der Waals surface area contributed by atoms with E-state index in [0.717, 1.165) is 11.3 Å². The maximum atomic E-state index is 13.3. The van der Waals surface area contributed by atoms with E-state index in [1.165, 1.54) is 29.2 Å². The van der Waals surface area contributed by atoms with E-state index in [4.69, 9.17) is 9.47 Å². The van der Waals surface area contributed by atoms with E-state index < -0.39 is 23.7 Å². The fourth-order valence-electron chi connectivity index (χ4n) is 4.53. The highest BCUT2D eigenvalue weighted by atomic mass is 16.5. The molecule has 3 aromatic carbocycles. The Morgan fingerprint density at radius 2 is 1.72 bits per heavy atom. The number of amides is 1. The Bertz CT molecular complexity index is 1390. The fourth-order valence-corrected chi connectivity index (χ4v) is 4.53. The predicted octanol–water partition coefficient (Wildman–Crippen LogP) is 4.13. The number of aromatic hydroxyl groups is 1. The normalized spacial score (nSPS) is 18.1. The minimum Gasteiger partial charge on any atom is -0.508 e. The summed E-state index contributed by atoms with van der Waals surface area (Å²) in [4.78, 5) is 39.9. The molecule has 5 rings (SSSR count). The van der Waals surface area contributed by atoms with Crippen molar-refractivity contribution in [1.82, 2.24) is 0 Å². The van der Waals surface area contributed by atoms with Crippen molar-refractivity contribution < 1.29 is 34.1 Å². The number of carbonyl (C=O) groups excluding carboxylic acids is 3. The Hall–Kier alpha value is -4.59. The summed E-state index contributed by atoms with van der Waals surface area (Å²) in [5.41, 5.74) is 2.43. The largest absolute Gasteiger partial charge is 0.508 e. The molecule has 0 radical (unpaired) electrons. The summed E-state index contributed by atoms with van der Waals surface area (Å²) in [6.07, 6.45) is 0.680. The van der Waals surface area contributed by atoms with Gasteiger partial charge in [0.15, 0.2) is 0 Å².